The molecule has 0 atom stereocenters. The Kier molecular flexibility index (Phi) is 3.21. The third-order valence-electron chi connectivity index (χ3n) is 3.07. The predicted octanol–water partition coefficient (Wildman–Crippen LogP) is 3.19. The van der Waals surface area contributed by atoms with Crippen LogP contribution in [0.15, 0.2) is 54.9 Å². The summed E-state index contributed by atoms with van der Waals surface area (Å²) in [6.07, 6.45) is 3.45. The highest BCUT2D eigenvalue weighted by molar-refractivity contribution is 5.99. The van der Waals surface area contributed by atoms with Crippen LogP contribution in [0.3, 0.4) is 0 Å². The molecule has 3 aromatic rings. The van der Waals surface area contributed by atoms with Crippen LogP contribution < -0.4 is 0 Å². The number of ketones is 1. The molecule has 3 nitrogen and oxygen atoms in total. The molecule has 1 aromatic heterocycles. The summed E-state index contributed by atoms with van der Waals surface area (Å²) < 4.78 is 12.8. The van der Waals surface area contributed by atoms with E-state index in [-0.39, 0.29) is 18.0 Å². The lowest BCUT2D eigenvalue weighted by Crippen LogP contribution is -2.03. The van der Waals surface area contributed by atoms with Crippen molar-refractivity contribution in [2.75, 3.05) is 0 Å². The van der Waals surface area contributed by atoms with Gasteiger partial charge >= 0.3 is 0 Å². The molecular formula is C16H11FN2O. The summed E-state index contributed by atoms with van der Waals surface area (Å²) in [5.74, 6) is -0.327. The molecule has 0 amide bonds. The van der Waals surface area contributed by atoms with E-state index in [1.54, 1.807) is 42.7 Å². The summed E-state index contributed by atoms with van der Waals surface area (Å²) in [5.41, 5.74) is 2.82. The van der Waals surface area contributed by atoms with Crippen LogP contribution in [0.5, 0.6) is 0 Å². The van der Waals surface area contributed by atoms with Crippen molar-refractivity contribution < 1.29 is 9.18 Å². The Morgan fingerprint density at radius 1 is 0.950 bits per heavy atom. The SMILES string of the molecule is O=C(Cc1ccc(F)cc1)c1ccc2nccnc2c1. The normalized spacial score (nSPS) is 10.7. The number of benzene rings is 2. The van der Waals surface area contributed by atoms with Crippen LogP contribution in [0.1, 0.15) is 15.9 Å². The first-order chi connectivity index (χ1) is 9.72. The second kappa shape index (κ2) is 5.17. The molecule has 2 aromatic carbocycles. The van der Waals surface area contributed by atoms with Gasteiger partial charge in [0.05, 0.1) is 11.0 Å². The lowest BCUT2D eigenvalue weighted by Gasteiger charge is -2.03. The van der Waals surface area contributed by atoms with Crippen molar-refractivity contribution in [2.45, 2.75) is 6.42 Å². The van der Waals surface area contributed by atoms with Crippen molar-refractivity contribution in [2.24, 2.45) is 0 Å². The summed E-state index contributed by atoms with van der Waals surface area (Å²) in [5, 5.41) is 0. The van der Waals surface area contributed by atoms with Crippen LogP contribution in [0.4, 0.5) is 4.39 Å². The van der Waals surface area contributed by atoms with E-state index in [0.29, 0.717) is 11.1 Å². The van der Waals surface area contributed by atoms with Crippen molar-refractivity contribution in [3.05, 3.63) is 71.8 Å². The number of Topliss-reactive ketones (excluding diaryl/α,β-unsaturated/α-hetero) is 1. The third kappa shape index (κ3) is 2.54. The van der Waals surface area contributed by atoms with Gasteiger partial charge in [0, 0.05) is 24.4 Å². The van der Waals surface area contributed by atoms with Crippen molar-refractivity contribution in [3.8, 4) is 0 Å². The van der Waals surface area contributed by atoms with Gasteiger partial charge in [-0.1, -0.05) is 12.1 Å². The van der Waals surface area contributed by atoms with E-state index in [2.05, 4.69) is 9.97 Å². The minimum absolute atomic E-state index is 0.0239. The highest BCUT2D eigenvalue weighted by Crippen LogP contribution is 2.14. The quantitative estimate of drug-likeness (QED) is 0.684. The molecule has 20 heavy (non-hydrogen) atoms. The molecule has 4 heteroatoms. The first-order valence-corrected chi connectivity index (χ1v) is 6.21. The maximum Gasteiger partial charge on any atom is 0.167 e. The number of aromatic nitrogens is 2. The molecule has 3 rings (SSSR count). The van der Waals surface area contributed by atoms with Crippen molar-refractivity contribution in [1.82, 2.24) is 9.97 Å². The van der Waals surface area contributed by atoms with Crippen LogP contribution in [0, 0.1) is 5.82 Å². The summed E-state index contributed by atoms with van der Waals surface area (Å²) >= 11 is 0. The average Bonchev–Trinajstić information content (AvgIpc) is 2.49. The third-order valence-corrected chi connectivity index (χ3v) is 3.07. The average molecular weight is 266 g/mol. The zero-order chi connectivity index (χ0) is 13.9. The van der Waals surface area contributed by atoms with Crippen LogP contribution in [-0.2, 0) is 6.42 Å². The molecule has 0 unspecified atom stereocenters. The molecular weight excluding hydrogens is 255 g/mol. The summed E-state index contributed by atoms with van der Waals surface area (Å²) in [6.45, 7) is 0. The number of carbonyl (C=O) groups is 1. The Labute approximate surface area is 115 Å². The lowest BCUT2D eigenvalue weighted by molar-refractivity contribution is 0.0993. The topological polar surface area (TPSA) is 42.9 Å². The molecule has 0 aliphatic carbocycles. The Morgan fingerprint density at radius 3 is 2.40 bits per heavy atom. The maximum atomic E-state index is 12.8. The highest BCUT2D eigenvalue weighted by atomic mass is 19.1. The maximum absolute atomic E-state index is 12.8. The van der Waals surface area contributed by atoms with E-state index in [0.717, 1.165) is 11.1 Å². The van der Waals surface area contributed by atoms with Gasteiger partial charge in [-0.3, -0.25) is 14.8 Å². The second-order valence-corrected chi connectivity index (χ2v) is 4.49. The van der Waals surface area contributed by atoms with E-state index in [1.807, 2.05) is 0 Å². The van der Waals surface area contributed by atoms with Crippen LogP contribution in [0.2, 0.25) is 0 Å². The zero-order valence-corrected chi connectivity index (χ0v) is 10.6. The smallest absolute Gasteiger partial charge is 0.167 e. The number of carbonyl (C=O) groups excluding carboxylic acids is 1. The van der Waals surface area contributed by atoms with Gasteiger partial charge in [0.25, 0.3) is 0 Å². The minimum atomic E-state index is -0.304. The van der Waals surface area contributed by atoms with Crippen molar-refractivity contribution in [3.63, 3.8) is 0 Å². The molecule has 0 fully saturated rings. The van der Waals surface area contributed by atoms with Gasteiger partial charge in [0.2, 0.25) is 0 Å². The Hall–Kier alpha value is -2.62. The molecule has 0 N–H and O–H groups in total. The van der Waals surface area contributed by atoms with E-state index in [4.69, 9.17) is 0 Å². The monoisotopic (exact) mass is 266 g/mol. The molecule has 0 radical (unpaired) electrons. The van der Waals surface area contributed by atoms with Crippen LogP contribution >= 0.6 is 0 Å². The molecule has 1 heterocycles. The fourth-order valence-electron chi connectivity index (χ4n) is 2.03. The predicted molar refractivity (Wildman–Crippen MR) is 74.0 cm³/mol. The first-order valence-electron chi connectivity index (χ1n) is 6.21. The summed E-state index contributed by atoms with van der Waals surface area (Å²) in [6, 6.07) is 11.2. The largest absolute Gasteiger partial charge is 0.294 e. The molecule has 0 aliphatic rings. The Balaban J connectivity index is 1.86. The van der Waals surface area contributed by atoms with E-state index in [9.17, 15) is 9.18 Å². The van der Waals surface area contributed by atoms with Gasteiger partial charge in [0.1, 0.15) is 5.82 Å². The number of hydrogen-bond acceptors (Lipinski definition) is 3. The van der Waals surface area contributed by atoms with E-state index < -0.39 is 0 Å². The Morgan fingerprint density at radius 2 is 1.65 bits per heavy atom. The molecule has 0 spiro atoms. The van der Waals surface area contributed by atoms with Crippen molar-refractivity contribution in [1.29, 1.82) is 0 Å². The number of fused-ring (bicyclic) bond motifs is 1. The number of nitrogens with zero attached hydrogens (tertiary/aromatic N) is 2. The lowest BCUT2D eigenvalue weighted by atomic mass is 10.0. The number of halogens is 1. The molecule has 98 valence electrons. The first kappa shape index (κ1) is 12.4. The van der Waals surface area contributed by atoms with Gasteiger partial charge in [-0.15, -0.1) is 0 Å². The minimum Gasteiger partial charge on any atom is -0.294 e. The van der Waals surface area contributed by atoms with Gasteiger partial charge in [-0.25, -0.2) is 4.39 Å². The molecule has 0 saturated heterocycles. The second-order valence-electron chi connectivity index (χ2n) is 4.49. The summed E-state index contributed by atoms with van der Waals surface area (Å²) in [4.78, 5) is 20.5. The standard InChI is InChI=1S/C16H11FN2O/c17-13-4-1-11(2-5-13)9-16(20)12-3-6-14-15(10-12)19-8-7-18-14/h1-8,10H,9H2. The van der Waals surface area contributed by atoms with Gasteiger partial charge in [-0.05, 0) is 35.9 Å². The van der Waals surface area contributed by atoms with E-state index >= 15 is 0 Å². The fourth-order valence-corrected chi connectivity index (χ4v) is 2.03. The van der Waals surface area contributed by atoms with Gasteiger partial charge in [-0.2, -0.15) is 0 Å². The molecule has 0 bridgehead atoms. The van der Waals surface area contributed by atoms with Crippen LogP contribution in [-0.4, -0.2) is 15.8 Å². The fraction of sp³-hybridized carbons (Fsp3) is 0.0625. The molecule has 0 aliphatic heterocycles. The van der Waals surface area contributed by atoms with Gasteiger partial charge in [0.15, 0.2) is 5.78 Å². The number of rotatable bonds is 3. The number of hydrogen-bond donors (Lipinski definition) is 0. The Bertz CT molecular complexity index is 769. The van der Waals surface area contributed by atoms with E-state index in [1.165, 1.54) is 12.1 Å². The van der Waals surface area contributed by atoms with Crippen molar-refractivity contribution >= 4 is 16.8 Å². The van der Waals surface area contributed by atoms with Gasteiger partial charge < -0.3 is 0 Å². The highest BCUT2D eigenvalue weighted by Gasteiger charge is 2.08. The van der Waals surface area contributed by atoms with Crippen LogP contribution in [0.25, 0.3) is 11.0 Å². The summed E-state index contributed by atoms with van der Waals surface area (Å²) in [7, 11) is 0. The molecule has 0 saturated carbocycles. The zero-order valence-electron chi connectivity index (χ0n) is 10.6.